The Morgan fingerprint density at radius 2 is 1.78 bits per heavy atom. The maximum Gasteiger partial charge on any atom is 0.335 e. The molecule has 0 atom stereocenters. The number of imide groups is 2. The molecule has 27 heavy (non-hydrogen) atoms. The van der Waals surface area contributed by atoms with Gasteiger partial charge in [0.25, 0.3) is 11.8 Å². The van der Waals surface area contributed by atoms with E-state index in [4.69, 9.17) is 0 Å². The second kappa shape index (κ2) is 7.00. The number of halogens is 1. The van der Waals surface area contributed by atoms with Gasteiger partial charge in [0, 0.05) is 10.5 Å². The molecule has 0 saturated carbocycles. The van der Waals surface area contributed by atoms with E-state index in [2.05, 4.69) is 21.2 Å². The summed E-state index contributed by atoms with van der Waals surface area (Å²) in [6.45, 7) is 0. The normalized spacial score (nSPS) is 15.8. The number of anilines is 1. The van der Waals surface area contributed by atoms with Crippen molar-refractivity contribution in [3.8, 4) is 5.75 Å². The van der Waals surface area contributed by atoms with E-state index in [0.29, 0.717) is 0 Å². The number of amides is 4. The van der Waals surface area contributed by atoms with Gasteiger partial charge in [-0.2, -0.15) is 0 Å². The zero-order valence-electron chi connectivity index (χ0n) is 13.4. The van der Waals surface area contributed by atoms with Crippen LogP contribution >= 0.6 is 15.9 Å². The lowest BCUT2D eigenvalue weighted by Crippen LogP contribution is -2.54. The van der Waals surface area contributed by atoms with Crippen molar-refractivity contribution in [2.24, 2.45) is 0 Å². The highest BCUT2D eigenvalue weighted by Gasteiger charge is 2.36. The fraction of sp³-hybridized carbons (Fsp3) is 0. The number of nitrogens with zero attached hydrogens (tertiary/aromatic N) is 2. The van der Waals surface area contributed by atoms with E-state index in [1.807, 2.05) is 0 Å². The molecule has 0 radical (unpaired) electrons. The van der Waals surface area contributed by atoms with Gasteiger partial charge < -0.3 is 5.11 Å². The van der Waals surface area contributed by atoms with Crippen LogP contribution in [0.25, 0.3) is 6.08 Å². The van der Waals surface area contributed by atoms with Gasteiger partial charge in [-0.1, -0.05) is 22.0 Å². The van der Waals surface area contributed by atoms with Crippen LogP contribution in [0.1, 0.15) is 5.56 Å². The van der Waals surface area contributed by atoms with E-state index in [0.717, 1.165) is 27.6 Å². The Hall–Kier alpha value is -3.53. The van der Waals surface area contributed by atoms with Gasteiger partial charge in [-0.3, -0.25) is 25.0 Å². The van der Waals surface area contributed by atoms with E-state index < -0.39 is 34.2 Å². The minimum absolute atomic E-state index is 0.142. The molecule has 4 amide bonds. The second-order valence-electron chi connectivity index (χ2n) is 5.44. The number of carbonyl (C=O) groups is 3. The Bertz CT molecular complexity index is 1020. The van der Waals surface area contributed by atoms with Crippen LogP contribution < -0.4 is 10.2 Å². The van der Waals surface area contributed by atoms with Crippen LogP contribution in [0.3, 0.4) is 0 Å². The summed E-state index contributed by atoms with van der Waals surface area (Å²) >= 11 is 3.24. The number of barbiturate groups is 1. The van der Waals surface area contributed by atoms with Crippen molar-refractivity contribution >= 4 is 51.2 Å². The zero-order valence-corrected chi connectivity index (χ0v) is 15.0. The van der Waals surface area contributed by atoms with Gasteiger partial charge in [0.1, 0.15) is 5.57 Å². The lowest BCUT2D eigenvalue weighted by molar-refractivity contribution is -0.385. The van der Waals surface area contributed by atoms with E-state index >= 15 is 0 Å². The fourth-order valence-electron chi connectivity index (χ4n) is 2.43. The molecule has 9 nitrogen and oxygen atoms in total. The number of nitro groups is 1. The van der Waals surface area contributed by atoms with Crippen LogP contribution in [0.5, 0.6) is 5.75 Å². The Morgan fingerprint density at radius 3 is 2.41 bits per heavy atom. The zero-order chi connectivity index (χ0) is 19.7. The standard InChI is InChI=1S/C17H10BrN3O6/c18-10-2-4-11(5-3-10)20-16(24)12(15(23)19-17(20)25)7-9-1-6-14(22)13(8-9)21(26)27/h1-8,22H,(H,19,23,25). The summed E-state index contributed by atoms with van der Waals surface area (Å²) < 4.78 is 0.736. The average Bonchev–Trinajstić information content (AvgIpc) is 2.61. The number of phenols is 1. The number of nitro benzene ring substituents is 1. The number of hydrogen-bond donors (Lipinski definition) is 2. The van der Waals surface area contributed by atoms with Gasteiger partial charge in [-0.05, 0) is 42.0 Å². The first-order valence-corrected chi connectivity index (χ1v) is 8.21. The molecule has 1 fully saturated rings. The van der Waals surface area contributed by atoms with Crippen molar-refractivity contribution in [3.05, 3.63) is 68.2 Å². The molecular formula is C17H10BrN3O6. The van der Waals surface area contributed by atoms with Gasteiger partial charge in [0.05, 0.1) is 10.6 Å². The average molecular weight is 432 g/mol. The maximum atomic E-state index is 12.7. The third-order valence-electron chi connectivity index (χ3n) is 3.69. The molecule has 0 aliphatic carbocycles. The first kappa shape index (κ1) is 18.3. The summed E-state index contributed by atoms with van der Waals surface area (Å²) in [5, 5.41) is 22.5. The van der Waals surface area contributed by atoms with Crippen LogP contribution in [0.4, 0.5) is 16.2 Å². The SMILES string of the molecule is O=C1NC(=O)N(c2ccc(Br)cc2)C(=O)C1=Cc1ccc(O)c([N+](=O)[O-])c1. The molecule has 0 spiro atoms. The molecule has 1 aliphatic heterocycles. The lowest BCUT2D eigenvalue weighted by atomic mass is 10.1. The molecule has 0 aromatic heterocycles. The number of rotatable bonds is 3. The smallest absolute Gasteiger partial charge is 0.335 e. The van der Waals surface area contributed by atoms with Gasteiger partial charge in [-0.25, -0.2) is 9.69 Å². The molecule has 136 valence electrons. The van der Waals surface area contributed by atoms with Gasteiger partial charge in [-0.15, -0.1) is 0 Å². The summed E-state index contributed by atoms with van der Waals surface area (Å²) in [6, 6.07) is 8.77. The first-order chi connectivity index (χ1) is 12.8. The van der Waals surface area contributed by atoms with Crippen molar-refractivity contribution < 1.29 is 24.4 Å². The molecule has 2 aromatic carbocycles. The molecule has 3 rings (SSSR count). The Morgan fingerprint density at radius 1 is 1.11 bits per heavy atom. The number of aromatic hydroxyl groups is 1. The highest BCUT2D eigenvalue weighted by atomic mass is 79.9. The van der Waals surface area contributed by atoms with Crippen molar-refractivity contribution in [2.45, 2.75) is 0 Å². The van der Waals surface area contributed by atoms with E-state index in [-0.39, 0.29) is 16.8 Å². The van der Waals surface area contributed by atoms with E-state index in [1.165, 1.54) is 18.2 Å². The molecule has 2 aromatic rings. The summed E-state index contributed by atoms with van der Waals surface area (Å²) in [5.41, 5.74) is -0.565. The van der Waals surface area contributed by atoms with Crippen molar-refractivity contribution in [1.82, 2.24) is 5.32 Å². The third-order valence-corrected chi connectivity index (χ3v) is 4.22. The maximum absolute atomic E-state index is 12.7. The number of benzene rings is 2. The Labute approximate surface area is 160 Å². The molecular weight excluding hydrogens is 422 g/mol. The van der Waals surface area contributed by atoms with Crippen molar-refractivity contribution in [1.29, 1.82) is 0 Å². The van der Waals surface area contributed by atoms with Crippen LogP contribution in [0.2, 0.25) is 0 Å². The predicted molar refractivity (Wildman–Crippen MR) is 97.9 cm³/mol. The molecule has 1 saturated heterocycles. The number of nitrogens with one attached hydrogen (secondary N) is 1. The van der Waals surface area contributed by atoms with Gasteiger partial charge >= 0.3 is 11.7 Å². The quantitative estimate of drug-likeness (QED) is 0.332. The minimum Gasteiger partial charge on any atom is -0.502 e. The summed E-state index contributed by atoms with van der Waals surface area (Å²) in [5.74, 6) is -2.34. The summed E-state index contributed by atoms with van der Waals surface area (Å²) in [4.78, 5) is 47.8. The molecule has 1 aliphatic rings. The van der Waals surface area contributed by atoms with Crippen LogP contribution in [-0.4, -0.2) is 27.9 Å². The molecule has 1 heterocycles. The van der Waals surface area contributed by atoms with E-state index in [9.17, 15) is 29.6 Å². The largest absolute Gasteiger partial charge is 0.502 e. The van der Waals surface area contributed by atoms with Crippen LogP contribution in [0.15, 0.2) is 52.5 Å². The van der Waals surface area contributed by atoms with E-state index in [1.54, 1.807) is 12.1 Å². The summed E-state index contributed by atoms with van der Waals surface area (Å²) in [6.07, 6.45) is 1.11. The molecule has 2 N–H and O–H groups in total. The lowest BCUT2D eigenvalue weighted by Gasteiger charge is -2.26. The highest BCUT2D eigenvalue weighted by Crippen LogP contribution is 2.28. The topological polar surface area (TPSA) is 130 Å². The highest BCUT2D eigenvalue weighted by molar-refractivity contribution is 9.10. The van der Waals surface area contributed by atoms with Gasteiger partial charge in [0.2, 0.25) is 0 Å². The third kappa shape index (κ3) is 3.55. The Balaban J connectivity index is 2.03. The number of carbonyl (C=O) groups excluding carboxylic acids is 3. The van der Waals surface area contributed by atoms with Crippen LogP contribution in [-0.2, 0) is 9.59 Å². The van der Waals surface area contributed by atoms with Gasteiger partial charge in [0.15, 0.2) is 5.75 Å². The fourth-order valence-corrected chi connectivity index (χ4v) is 2.69. The first-order valence-electron chi connectivity index (χ1n) is 7.42. The molecule has 0 bridgehead atoms. The predicted octanol–water partition coefficient (Wildman–Crippen LogP) is 2.73. The molecule has 10 heteroatoms. The monoisotopic (exact) mass is 431 g/mol. The number of hydrogen-bond acceptors (Lipinski definition) is 6. The van der Waals surface area contributed by atoms with Crippen molar-refractivity contribution in [2.75, 3.05) is 4.90 Å². The second-order valence-corrected chi connectivity index (χ2v) is 6.36. The number of phenolic OH excluding ortho intramolecular Hbond substituents is 1. The summed E-state index contributed by atoms with van der Waals surface area (Å²) in [7, 11) is 0. The minimum atomic E-state index is -0.922. The number of urea groups is 1. The van der Waals surface area contributed by atoms with Crippen LogP contribution in [0, 0.1) is 10.1 Å². The molecule has 0 unspecified atom stereocenters. The van der Waals surface area contributed by atoms with Crippen molar-refractivity contribution in [3.63, 3.8) is 0 Å². The Kier molecular flexibility index (Phi) is 4.74.